The lowest BCUT2D eigenvalue weighted by Crippen LogP contribution is -2.49. The molecule has 0 radical (unpaired) electrons. The molecule has 2 atom stereocenters. The summed E-state index contributed by atoms with van der Waals surface area (Å²) in [5.74, 6) is -0.532. The summed E-state index contributed by atoms with van der Waals surface area (Å²) in [6, 6.07) is 9.66. The normalized spacial score (nSPS) is 23.3. The van der Waals surface area contributed by atoms with Gasteiger partial charge in [0.15, 0.2) is 0 Å². The molecule has 1 amide bonds. The van der Waals surface area contributed by atoms with E-state index in [1.807, 2.05) is 51.1 Å². The molecule has 0 aliphatic heterocycles. The monoisotopic (exact) mass is 333 g/mol. The van der Waals surface area contributed by atoms with Crippen LogP contribution in [0.3, 0.4) is 0 Å². The van der Waals surface area contributed by atoms with E-state index < -0.39 is 28.8 Å². The Morgan fingerprint density at radius 1 is 1.00 bits per heavy atom. The van der Waals surface area contributed by atoms with Crippen LogP contribution in [0.25, 0.3) is 0 Å². The van der Waals surface area contributed by atoms with E-state index in [1.165, 1.54) is 0 Å². The van der Waals surface area contributed by atoms with E-state index in [-0.39, 0.29) is 5.92 Å². The molecule has 0 saturated heterocycles. The maximum atomic E-state index is 12.7. The van der Waals surface area contributed by atoms with Crippen molar-refractivity contribution in [2.75, 3.05) is 0 Å². The zero-order chi connectivity index (χ0) is 18.2. The molecule has 5 heteroatoms. The van der Waals surface area contributed by atoms with E-state index in [2.05, 4.69) is 5.32 Å². The highest BCUT2D eigenvalue weighted by atomic mass is 16.6. The van der Waals surface area contributed by atoms with Gasteiger partial charge in [0.25, 0.3) is 0 Å². The molecule has 0 bridgehead atoms. The van der Waals surface area contributed by atoms with Crippen LogP contribution in [0.1, 0.15) is 59.4 Å². The number of hydrogen-bond acceptors (Lipinski definition) is 4. The van der Waals surface area contributed by atoms with Crippen LogP contribution in [0.4, 0.5) is 4.79 Å². The van der Waals surface area contributed by atoms with Crippen LogP contribution in [0.15, 0.2) is 30.3 Å². The minimum absolute atomic E-state index is 0.110. The Balaban J connectivity index is 2.21. The Morgan fingerprint density at radius 2 is 1.54 bits per heavy atom. The van der Waals surface area contributed by atoms with Crippen LogP contribution in [0.5, 0.6) is 0 Å². The highest BCUT2D eigenvalue weighted by Gasteiger charge is 2.64. The molecule has 0 heterocycles. The molecule has 0 aromatic heterocycles. The number of alkyl carbamates (subject to hydrolysis) is 1. The summed E-state index contributed by atoms with van der Waals surface area (Å²) in [6.07, 6.45) is -0.0997. The molecule has 1 N–H and O–H groups in total. The van der Waals surface area contributed by atoms with Crippen LogP contribution < -0.4 is 5.32 Å². The molecule has 1 saturated carbocycles. The van der Waals surface area contributed by atoms with Crippen LogP contribution >= 0.6 is 0 Å². The van der Waals surface area contributed by atoms with Crippen molar-refractivity contribution in [2.24, 2.45) is 0 Å². The van der Waals surface area contributed by atoms with Gasteiger partial charge in [0.2, 0.25) is 0 Å². The third-order valence-electron chi connectivity index (χ3n) is 3.65. The zero-order valence-corrected chi connectivity index (χ0v) is 15.3. The second kappa shape index (κ2) is 6.11. The lowest BCUT2D eigenvalue weighted by Gasteiger charge is -2.27. The average Bonchev–Trinajstić information content (AvgIpc) is 3.11. The Bertz CT molecular complexity index is 612. The molecule has 24 heavy (non-hydrogen) atoms. The Labute approximate surface area is 143 Å². The van der Waals surface area contributed by atoms with Gasteiger partial charge in [-0.3, -0.25) is 0 Å². The number of esters is 1. The van der Waals surface area contributed by atoms with Crippen LogP contribution in [-0.4, -0.2) is 28.8 Å². The highest BCUT2D eigenvalue weighted by molar-refractivity contribution is 5.91. The second-order valence-corrected chi connectivity index (χ2v) is 8.27. The topological polar surface area (TPSA) is 64.6 Å². The van der Waals surface area contributed by atoms with Gasteiger partial charge < -0.3 is 14.8 Å². The van der Waals surface area contributed by atoms with Crippen molar-refractivity contribution in [2.45, 2.75) is 70.6 Å². The van der Waals surface area contributed by atoms with E-state index in [0.29, 0.717) is 6.42 Å². The van der Waals surface area contributed by atoms with E-state index in [9.17, 15) is 9.59 Å². The summed E-state index contributed by atoms with van der Waals surface area (Å²) >= 11 is 0. The van der Waals surface area contributed by atoms with Gasteiger partial charge in [-0.1, -0.05) is 30.3 Å². The maximum absolute atomic E-state index is 12.7. The summed E-state index contributed by atoms with van der Waals surface area (Å²) in [5.41, 5.74) is -1.31. The van der Waals surface area contributed by atoms with Gasteiger partial charge in [-0.25, -0.2) is 9.59 Å². The van der Waals surface area contributed by atoms with Crippen LogP contribution in [-0.2, 0) is 14.3 Å². The number of benzene rings is 1. The van der Waals surface area contributed by atoms with E-state index in [0.717, 1.165) is 5.56 Å². The number of nitrogens with one attached hydrogen (secondary N) is 1. The minimum Gasteiger partial charge on any atom is -0.458 e. The first-order valence-electron chi connectivity index (χ1n) is 8.22. The maximum Gasteiger partial charge on any atom is 0.408 e. The van der Waals surface area contributed by atoms with Gasteiger partial charge in [-0.2, -0.15) is 0 Å². The third kappa shape index (κ3) is 4.49. The lowest BCUT2D eigenvalue weighted by atomic mass is 10.1. The zero-order valence-electron chi connectivity index (χ0n) is 15.3. The number of rotatable bonds is 3. The van der Waals surface area contributed by atoms with Gasteiger partial charge in [-0.05, 0) is 53.5 Å². The molecular formula is C19H27NO4. The fraction of sp³-hybridized carbons (Fsp3) is 0.579. The molecule has 1 aliphatic rings. The molecule has 2 rings (SSSR count). The van der Waals surface area contributed by atoms with Gasteiger partial charge in [0.05, 0.1) is 0 Å². The summed E-state index contributed by atoms with van der Waals surface area (Å²) in [5, 5.41) is 2.76. The van der Waals surface area contributed by atoms with Gasteiger partial charge in [-0.15, -0.1) is 0 Å². The Hall–Kier alpha value is -2.04. The number of hydrogen-bond donors (Lipinski definition) is 1. The average molecular weight is 333 g/mol. The minimum atomic E-state index is -1.06. The Morgan fingerprint density at radius 3 is 2.04 bits per heavy atom. The van der Waals surface area contributed by atoms with Gasteiger partial charge >= 0.3 is 12.1 Å². The SMILES string of the molecule is CC(C)(C)OC(=O)N[C@@]1(C(=O)OC(C)(C)C)C[C@@H]1c1ccccc1. The third-order valence-corrected chi connectivity index (χ3v) is 3.65. The first-order chi connectivity index (χ1) is 10.9. The molecule has 1 aromatic rings. The quantitative estimate of drug-likeness (QED) is 0.855. The number of carbonyl (C=O) groups is 2. The van der Waals surface area contributed by atoms with Crippen molar-refractivity contribution in [1.29, 1.82) is 0 Å². The van der Waals surface area contributed by atoms with E-state index in [4.69, 9.17) is 9.47 Å². The molecule has 132 valence electrons. The molecule has 0 spiro atoms. The molecule has 1 fully saturated rings. The van der Waals surface area contributed by atoms with Crippen molar-refractivity contribution < 1.29 is 19.1 Å². The standard InChI is InChI=1S/C19H27NO4/c1-17(2,3)23-15(21)19(20-16(22)24-18(4,5)6)12-14(19)13-10-8-7-9-11-13/h7-11,14H,12H2,1-6H3,(H,20,22)/t14-,19+/m1/s1. The summed E-state index contributed by atoms with van der Waals surface area (Å²) in [6.45, 7) is 10.8. The number of amides is 1. The fourth-order valence-corrected chi connectivity index (χ4v) is 2.62. The first kappa shape index (κ1) is 18.3. The lowest BCUT2D eigenvalue weighted by molar-refractivity contribution is -0.159. The molecule has 1 aromatic carbocycles. The van der Waals surface area contributed by atoms with Crippen molar-refractivity contribution in [3.05, 3.63) is 35.9 Å². The highest BCUT2D eigenvalue weighted by Crippen LogP contribution is 2.52. The fourth-order valence-electron chi connectivity index (χ4n) is 2.62. The van der Waals surface area contributed by atoms with Crippen LogP contribution in [0, 0.1) is 0 Å². The number of carbonyl (C=O) groups excluding carboxylic acids is 2. The number of ether oxygens (including phenoxy) is 2. The first-order valence-corrected chi connectivity index (χ1v) is 8.22. The Kier molecular flexibility index (Phi) is 4.66. The van der Waals surface area contributed by atoms with E-state index in [1.54, 1.807) is 20.8 Å². The smallest absolute Gasteiger partial charge is 0.408 e. The van der Waals surface area contributed by atoms with Crippen molar-refractivity contribution in [1.82, 2.24) is 5.32 Å². The van der Waals surface area contributed by atoms with Gasteiger partial charge in [0.1, 0.15) is 16.7 Å². The van der Waals surface area contributed by atoms with Gasteiger partial charge in [0, 0.05) is 5.92 Å². The van der Waals surface area contributed by atoms with Crippen LogP contribution in [0.2, 0.25) is 0 Å². The summed E-state index contributed by atoms with van der Waals surface area (Å²) in [4.78, 5) is 25.0. The molecule has 5 nitrogen and oxygen atoms in total. The van der Waals surface area contributed by atoms with Crippen molar-refractivity contribution in [3.63, 3.8) is 0 Å². The molecule has 1 aliphatic carbocycles. The summed E-state index contributed by atoms with van der Waals surface area (Å²) in [7, 11) is 0. The van der Waals surface area contributed by atoms with Crippen molar-refractivity contribution in [3.8, 4) is 0 Å². The largest absolute Gasteiger partial charge is 0.458 e. The molecular weight excluding hydrogens is 306 g/mol. The second-order valence-electron chi connectivity index (χ2n) is 8.27. The summed E-state index contributed by atoms with van der Waals surface area (Å²) < 4.78 is 10.9. The predicted molar refractivity (Wildman–Crippen MR) is 91.7 cm³/mol. The van der Waals surface area contributed by atoms with E-state index >= 15 is 0 Å². The molecule has 0 unspecified atom stereocenters. The predicted octanol–water partition coefficient (Wildman–Crippen LogP) is 3.78. The van der Waals surface area contributed by atoms with Crippen molar-refractivity contribution >= 4 is 12.1 Å².